The predicted octanol–water partition coefficient (Wildman–Crippen LogP) is 4.12. The molecule has 128 valence electrons. The number of amides is 1. The predicted molar refractivity (Wildman–Crippen MR) is 98.8 cm³/mol. The minimum absolute atomic E-state index is 0.0887. The standard InChI is InChI=1S/C19H23ClN2O2/c1-4-24-16-8-6-15(7-9-16)12-22(3)13-19(23)21-18-10-5-14(2)11-17(18)20/h5-11H,4,12-13H2,1-3H3,(H,21,23). The van der Waals surface area contributed by atoms with Gasteiger partial charge in [-0.3, -0.25) is 9.69 Å². The number of rotatable bonds is 7. The number of carbonyl (C=O) groups excluding carboxylic acids is 1. The SMILES string of the molecule is CCOc1ccc(CN(C)CC(=O)Nc2ccc(C)cc2Cl)cc1. The molecule has 0 aromatic heterocycles. The van der Waals surface area contributed by atoms with Crippen LogP contribution in [-0.4, -0.2) is 31.0 Å². The highest BCUT2D eigenvalue weighted by molar-refractivity contribution is 6.33. The van der Waals surface area contributed by atoms with E-state index in [0.29, 0.717) is 23.9 Å². The highest BCUT2D eigenvalue weighted by atomic mass is 35.5. The van der Waals surface area contributed by atoms with Crippen LogP contribution < -0.4 is 10.1 Å². The molecule has 0 bridgehead atoms. The minimum atomic E-state index is -0.0887. The van der Waals surface area contributed by atoms with E-state index in [9.17, 15) is 4.79 Å². The highest BCUT2D eigenvalue weighted by Gasteiger charge is 2.09. The number of halogens is 1. The maximum absolute atomic E-state index is 12.2. The molecule has 0 aliphatic heterocycles. The Balaban J connectivity index is 1.86. The summed E-state index contributed by atoms with van der Waals surface area (Å²) < 4.78 is 5.43. The Morgan fingerprint density at radius 2 is 1.92 bits per heavy atom. The van der Waals surface area contributed by atoms with Gasteiger partial charge in [0.1, 0.15) is 5.75 Å². The van der Waals surface area contributed by atoms with Crippen molar-refractivity contribution in [2.24, 2.45) is 0 Å². The van der Waals surface area contributed by atoms with E-state index < -0.39 is 0 Å². The normalized spacial score (nSPS) is 10.7. The summed E-state index contributed by atoms with van der Waals surface area (Å²) >= 11 is 6.14. The zero-order chi connectivity index (χ0) is 17.5. The Morgan fingerprint density at radius 1 is 1.21 bits per heavy atom. The Hall–Kier alpha value is -2.04. The highest BCUT2D eigenvalue weighted by Crippen LogP contribution is 2.22. The molecule has 0 saturated carbocycles. The van der Waals surface area contributed by atoms with Gasteiger partial charge in [0.25, 0.3) is 0 Å². The van der Waals surface area contributed by atoms with Gasteiger partial charge >= 0.3 is 0 Å². The quantitative estimate of drug-likeness (QED) is 0.820. The Labute approximate surface area is 148 Å². The monoisotopic (exact) mass is 346 g/mol. The van der Waals surface area contributed by atoms with Gasteiger partial charge in [-0.25, -0.2) is 0 Å². The molecule has 1 amide bonds. The Bertz CT molecular complexity index is 686. The van der Waals surface area contributed by atoms with Crippen LogP contribution in [0.5, 0.6) is 5.75 Å². The lowest BCUT2D eigenvalue weighted by Gasteiger charge is -2.17. The van der Waals surface area contributed by atoms with Crippen molar-refractivity contribution in [2.45, 2.75) is 20.4 Å². The smallest absolute Gasteiger partial charge is 0.238 e. The van der Waals surface area contributed by atoms with Crippen LogP contribution in [0.1, 0.15) is 18.1 Å². The van der Waals surface area contributed by atoms with E-state index >= 15 is 0 Å². The fraction of sp³-hybridized carbons (Fsp3) is 0.316. The van der Waals surface area contributed by atoms with Gasteiger partial charge in [-0.1, -0.05) is 29.8 Å². The van der Waals surface area contributed by atoms with Gasteiger partial charge in [0.15, 0.2) is 0 Å². The number of carbonyl (C=O) groups is 1. The van der Waals surface area contributed by atoms with E-state index in [1.165, 1.54) is 0 Å². The Kier molecular flexibility index (Phi) is 6.64. The van der Waals surface area contributed by atoms with Crippen molar-refractivity contribution < 1.29 is 9.53 Å². The molecule has 0 radical (unpaired) electrons. The first-order chi connectivity index (χ1) is 11.5. The van der Waals surface area contributed by atoms with Gasteiger partial charge in [0.2, 0.25) is 5.91 Å². The zero-order valence-corrected chi connectivity index (χ0v) is 15.1. The maximum Gasteiger partial charge on any atom is 0.238 e. The largest absolute Gasteiger partial charge is 0.494 e. The average Bonchev–Trinajstić information content (AvgIpc) is 2.52. The minimum Gasteiger partial charge on any atom is -0.494 e. The van der Waals surface area contributed by atoms with Gasteiger partial charge in [-0.2, -0.15) is 0 Å². The average molecular weight is 347 g/mol. The molecular formula is C19H23ClN2O2. The third-order valence-electron chi connectivity index (χ3n) is 3.50. The summed E-state index contributed by atoms with van der Waals surface area (Å²) in [6, 6.07) is 13.5. The van der Waals surface area contributed by atoms with Crippen molar-refractivity contribution in [1.82, 2.24) is 4.90 Å². The summed E-state index contributed by atoms with van der Waals surface area (Å²) in [5.41, 5.74) is 2.83. The van der Waals surface area contributed by atoms with E-state index in [0.717, 1.165) is 16.9 Å². The van der Waals surface area contributed by atoms with Gasteiger partial charge in [0, 0.05) is 6.54 Å². The molecule has 0 aliphatic rings. The van der Waals surface area contributed by atoms with Crippen molar-refractivity contribution in [3.05, 3.63) is 58.6 Å². The molecule has 0 heterocycles. The number of benzene rings is 2. The van der Waals surface area contributed by atoms with Gasteiger partial charge in [-0.15, -0.1) is 0 Å². The van der Waals surface area contributed by atoms with Gasteiger partial charge in [0.05, 0.1) is 23.9 Å². The van der Waals surface area contributed by atoms with Crippen molar-refractivity contribution in [1.29, 1.82) is 0 Å². The lowest BCUT2D eigenvalue weighted by atomic mass is 10.2. The van der Waals surface area contributed by atoms with Crippen molar-refractivity contribution >= 4 is 23.2 Å². The summed E-state index contributed by atoms with van der Waals surface area (Å²) in [6.45, 7) is 5.54. The first kappa shape index (κ1) is 18.3. The van der Waals surface area contributed by atoms with Gasteiger partial charge in [-0.05, 0) is 56.3 Å². The summed E-state index contributed by atoms with van der Waals surface area (Å²) in [6.07, 6.45) is 0. The molecule has 24 heavy (non-hydrogen) atoms. The molecule has 2 aromatic carbocycles. The molecule has 4 nitrogen and oxygen atoms in total. The van der Waals surface area contributed by atoms with E-state index in [-0.39, 0.29) is 12.5 Å². The number of nitrogens with one attached hydrogen (secondary N) is 1. The summed E-state index contributed by atoms with van der Waals surface area (Å²) in [5, 5.41) is 3.40. The summed E-state index contributed by atoms with van der Waals surface area (Å²) in [7, 11) is 1.91. The molecule has 0 fully saturated rings. The van der Waals surface area contributed by atoms with E-state index in [1.807, 2.05) is 68.3 Å². The second kappa shape index (κ2) is 8.71. The molecule has 2 rings (SSSR count). The molecule has 0 unspecified atom stereocenters. The molecule has 0 aliphatic carbocycles. The lowest BCUT2D eigenvalue weighted by molar-refractivity contribution is -0.117. The second-order valence-corrected chi connectivity index (χ2v) is 6.19. The fourth-order valence-electron chi connectivity index (χ4n) is 2.38. The third-order valence-corrected chi connectivity index (χ3v) is 3.81. The molecule has 0 saturated heterocycles. The number of nitrogens with zero attached hydrogens (tertiary/aromatic N) is 1. The molecule has 0 atom stereocenters. The number of ether oxygens (including phenoxy) is 1. The zero-order valence-electron chi connectivity index (χ0n) is 14.3. The van der Waals surface area contributed by atoms with Gasteiger partial charge < -0.3 is 10.1 Å². The van der Waals surface area contributed by atoms with Crippen LogP contribution in [0.3, 0.4) is 0 Å². The number of hydrogen-bond donors (Lipinski definition) is 1. The van der Waals surface area contributed by atoms with E-state index in [2.05, 4.69) is 5.32 Å². The van der Waals surface area contributed by atoms with Crippen LogP contribution in [0.4, 0.5) is 5.69 Å². The maximum atomic E-state index is 12.2. The topological polar surface area (TPSA) is 41.6 Å². The molecule has 2 aromatic rings. The van der Waals surface area contributed by atoms with Crippen LogP contribution in [0, 0.1) is 6.92 Å². The van der Waals surface area contributed by atoms with Crippen molar-refractivity contribution in [2.75, 3.05) is 25.5 Å². The first-order valence-corrected chi connectivity index (χ1v) is 8.32. The van der Waals surface area contributed by atoms with Crippen LogP contribution >= 0.6 is 11.6 Å². The Morgan fingerprint density at radius 3 is 2.54 bits per heavy atom. The number of likely N-dealkylation sites (N-methyl/N-ethyl adjacent to an activating group) is 1. The molecule has 1 N–H and O–H groups in total. The van der Waals surface area contributed by atoms with Crippen LogP contribution in [0.15, 0.2) is 42.5 Å². The number of aryl methyl sites for hydroxylation is 1. The van der Waals surface area contributed by atoms with Crippen LogP contribution in [-0.2, 0) is 11.3 Å². The lowest BCUT2D eigenvalue weighted by Crippen LogP contribution is -2.29. The number of anilines is 1. The van der Waals surface area contributed by atoms with Crippen molar-refractivity contribution in [3.8, 4) is 5.75 Å². The van der Waals surface area contributed by atoms with Crippen LogP contribution in [0.2, 0.25) is 5.02 Å². The second-order valence-electron chi connectivity index (χ2n) is 5.78. The van der Waals surface area contributed by atoms with Crippen molar-refractivity contribution in [3.63, 3.8) is 0 Å². The third kappa shape index (κ3) is 5.55. The van der Waals surface area contributed by atoms with E-state index in [1.54, 1.807) is 0 Å². The summed E-state index contributed by atoms with van der Waals surface area (Å²) in [5.74, 6) is 0.768. The first-order valence-electron chi connectivity index (χ1n) is 7.94. The number of hydrogen-bond acceptors (Lipinski definition) is 3. The van der Waals surface area contributed by atoms with E-state index in [4.69, 9.17) is 16.3 Å². The fourth-order valence-corrected chi connectivity index (χ4v) is 2.66. The summed E-state index contributed by atoms with van der Waals surface area (Å²) in [4.78, 5) is 14.1. The molecule has 5 heteroatoms. The molecular weight excluding hydrogens is 324 g/mol. The van der Waals surface area contributed by atoms with Crippen LogP contribution in [0.25, 0.3) is 0 Å². The molecule has 0 spiro atoms.